The van der Waals surface area contributed by atoms with E-state index in [4.69, 9.17) is 26.7 Å². The van der Waals surface area contributed by atoms with E-state index in [2.05, 4.69) is 15.9 Å². The van der Waals surface area contributed by atoms with Crippen molar-refractivity contribution in [3.63, 3.8) is 0 Å². The number of hydrogen-bond donors (Lipinski definition) is 1. The lowest BCUT2D eigenvalue weighted by molar-refractivity contribution is 0.201. The maximum Gasteiger partial charge on any atom is 0.123 e. The Morgan fingerprint density at radius 1 is 0.972 bits per heavy atom. The molecule has 0 unspecified atom stereocenters. The van der Waals surface area contributed by atoms with Crippen LogP contribution in [0.1, 0.15) is 25.0 Å². The molecule has 0 atom stereocenters. The molecule has 0 amide bonds. The summed E-state index contributed by atoms with van der Waals surface area (Å²) < 4.78 is 17.3. The first kappa shape index (κ1) is 29.1. The van der Waals surface area contributed by atoms with Crippen LogP contribution >= 0.6 is 11.6 Å². The molecule has 3 aromatic rings. The molecule has 3 aromatic carbocycles. The van der Waals surface area contributed by atoms with Gasteiger partial charge in [0.25, 0.3) is 0 Å². The van der Waals surface area contributed by atoms with Gasteiger partial charge in [0.2, 0.25) is 0 Å². The summed E-state index contributed by atoms with van der Waals surface area (Å²) in [5.41, 5.74) is 3.00. The number of hydrogen-bond acceptors (Lipinski definition) is 5. The Balaban J connectivity index is 0.000000431. The Morgan fingerprint density at radius 3 is 2.17 bits per heavy atom. The number of nitriles is 1. The van der Waals surface area contributed by atoms with Crippen molar-refractivity contribution in [3.05, 3.63) is 94.8 Å². The van der Waals surface area contributed by atoms with E-state index in [1.54, 1.807) is 18.2 Å². The molecule has 1 aliphatic heterocycles. The zero-order chi connectivity index (χ0) is 26.2. The topological polar surface area (TPSA) is 59.7 Å². The van der Waals surface area contributed by atoms with Crippen LogP contribution in [0.15, 0.2) is 72.8 Å². The number of halogens is 2. The van der Waals surface area contributed by atoms with Crippen LogP contribution in [0.3, 0.4) is 0 Å². The van der Waals surface area contributed by atoms with Crippen LogP contribution in [-0.2, 0) is 6.42 Å². The van der Waals surface area contributed by atoms with Gasteiger partial charge in [0.05, 0.1) is 28.9 Å². The third kappa shape index (κ3) is 9.87. The van der Waals surface area contributed by atoms with E-state index in [-0.39, 0.29) is 19.0 Å². The van der Waals surface area contributed by atoms with E-state index < -0.39 is 0 Å². The van der Waals surface area contributed by atoms with Gasteiger partial charge in [-0.25, -0.2) is 4.39 Å². The van der Waals surface area contributed by atoms with Gasteiger partial charge in [0, 0.05) is 38.8 Å². The van der Waals surface area contributed by atoms with E-state index in [1.807, 2.05) is 56.3 Å². The van der Waals surface area contributed by atoms with Crippen molar-refractivity contribution in [1.82, 2.24) is 4.90 Å². The zero-order valence-electron chi connectivity index (χ0n) is 21.0. The van der Waals surface area contributed by atoms with Gasteiger partial charge >= 0.3 is 0 Å². The largest absolute Gasteiger partial charge is 0.491 e. The summed E-state index contributed by atoms with van der Waals surface area (Å²) >= 11 is 6.42. The molecule has 0 spiro atoms. The molecule has 1 aliphatic rings. The maximum atomic E-state index is 11.9. The molecule has 1 heterocycles. The molecule has 7 heteroatoms. The second-order valence-corrected chi connectivity index (χ2v) is 8.28. The predicted molar refractivity (Wildman–Crippen MR) is 145 cm³/mol. The predicted octanol–water partition coefficient (Wildman–Crippen LogP) is 5.80. The molecule has 0 saturated carbocycles. The smallest absolute Gasteiger partial charge is 0.123 e. The van der Waals surface area contributed by atoms with Crippen LogP contribution in [-0.4, -0.2) is 55.9 Å². The molecule has 0 aliphatic carbocycles. The van der Waals surface area contributed by atoms with Crippen molar-refractivity contribution in [2.24, 2.45) is 0 Å². The Hall–Kier alpha value is -3.11. The van der Waals surface area contributed by atoms with Crippen molar-refractivity contribution in [1.29, 1.82) is 5.26 Å². The summed E-state index contributed by atoms with van der Waals surface area (Å²) in [6, 6.07) is 23.6. The first-order valence-corrected chi connectivity index (χ1v) is 12.7. The molecule has 1 fully saturated rings. The van der Waals surface area contributed by atoms with Gasteiger partial charge in [0.15, 0.2) is 0 Å². The van der Waals surface area contributed by atoms with Crippen LogP contribution in [0.4, 0.5) is 10.1 Å². The Kier molecular flexibility index (Phi) is 13.4. The van der Waals surface area contributed by atoms with Gasteiger partial charge in [-0.1, -0.05) is 55.8 Å². The quantitative estimate of drug-likeness (QED) is 0.434. The van der Waals surface area contributed by atoms with Crippen LogP contribution in [0.5, 0.6) is 5.75 Å². The molecular weight excluding hydrogens is 477 g/mol. The minimum atomic E-state index is -0.178. The zero-order valence-corrected chi connectivity index (χ0v) is 21.8. The fourth-order valence-corrected chi connectivity index (χ4v) is 3.95. The van der Waals surface area contributed by atoms with Gasteiger partial charge in [-0.2, -0.15) is 5.26 Å². The summed E-state index contributed by atoms with van der Waals surface area (Å²) in [6.45, 7) is 9.14. The molecule has 36 heavy (non-hydrogen) atoms. The standard InChI is InChI=1S/C21H24ClN3O2.C6H5F.C2H6/c22-20-15-19(27-14-13-26)5-6-21(20)25-11-9-24(10-12-25)8-7-17-1-3-18(16-23)4-2-17;7-6-4-2-1-3-5-6;1-2/h1-6,15,26H,7-14H2;1-5H;1-2H3. The third-order valence-corrected chi connectivity index (χ3v) is 5.83. The number of rotatable bonds is 7. The highest BCUT2D eigenvalue weighted by Gasteiger charge is 2.19. The van der Waals surface area contributed by atoms with Crippen molar-refractivity contribution < 1.29 is 14.2 Å². The molecule has 4 rings (SSSR count). The highest BCUT2D eigenvalue weighted by atomic mass is 35.5. The van der Waals surface area contributed by atoms with Gasteiger partial charge < -0.3 is 14.7 Å². The number of aliphatic hydroxyl groups is 1. The lowest BCUT2D eigenvalue weighted by atomic mass is 10.1. The first-order chi connectivity index (χ1) is 17.6. The van der Waals surface area contributed by atoms with E-state index in [0.29, 0.717) is 16.3 Å². The lowest BCUT2D eigenvalue weighted by Crippen LogP contribution is -2.47. The Morgan fingerprint density at radius 2 is 1.64 bits per heavy atom. The van der Waals surface area contributed by atoms with E-state index >= 15 is 0 Å². The average Bonchev–Trinajstić information content (AvgIpc) is 2.93. The average molecular weight is 512 g/mol. The second-order valence-electron chi connectivity index (χ2n) is 7.87. The SMILES string of the molecule is CC.Fc1ccccc1.N#Cc1ccc(CCN2CCN(c3ccc(OCCO)cc3Cl)CC2)cc1. The highest BCUT2D eigenvalue weighted by Crippen LogP contribution is 2.30. The summed E-state index contributed by atoms with van der Waals surface area (Å²) in [5, 5.41) is 18.4. The van der Waals surface area contributed by atoms with E-state index in [0.717, 1.165) is 44.8 Å². The normalized spacial score (nSPS) is 12.9. The van der Waals surface area contributed by atoms with Crippen LogP contribution in [0.25, 0.3) is 0 Å². The lowest BCUT2D eigenvalue weighted by Gasteiger charge is -2.36. The Labute approximate surface area is 219 Å². The van der Waals surface area contributed by atoms with Crippen LogP contribution in [0.2, 0.25) is 5.02 Å². The fourth-order valence-electron chi connectivity index (χ4n) is 3.66. The minimum absolute atomic E-state index is 0.0101. The van der Waals surface area contributed by atoms with Crippen molar-refractivity contribution in [2.45, 2.75) is 20.3 Å². The monoisotopic (exact) mass is 511 g/mol. The molecular formula is C29H35ClFN3O2. The van der Waals surface area contributed by atoms with E-state index in [9.17, 15) is 4.39 Å². The van der Waals surface area contributed by atoms with Gasteiger partial charge in [-0.05, 0) is 48.4 Å². The van der Waals surface area contributed by atoms with Gasteiger partial charge in [-0.3, -0.25) is 4.90 Å². The number of nitrogens with zero attached hydrogens (tertiary/aromatic N) is 3. The van der Waals surface area contributed by atoms with Gasteiger partial charge in [0.1, 0.15) is 18.2 Å². The molecule has 5 nitrogen and oxygen atoms in total. The van der Waals surface area contributed by atoms with Crippen molar-refractivity contribution >= 4 is 17.3 Å². The molecule has 0 aromatic heterocycles. The summed E-state index contributed by atoms with van der Waals surface area (Å²) in [7, 11) is 0. The van der Waals surface area contributed by atoms with E-state index in [1.165, 1.54) is 17.7 Å². The number of ether oxygens (including phenoxy) is 1. The second kappa shape index (κ2) is 16.5. The molecule has 0 radical (unpaired) electrons. The van der Waals surface area contributed by atoms with Crippen molar-refractivity contribution in [2.75, 3.05) is 50.8 Å². The maximum absolute atomic E-state index is 11.9. The number of aliphatic hydroxyl groups excluding tert-OH is 1. The van der Waals surface area contributed by atoms with Crippen LogP contribution in [0, 0.1) is 17.1 Å². The van der Waals surface area contributed by atoms with Gasteiger partial charge in [-0.15, -0.1) is 0 Å². The molecule has 0 bridgehead atoms. The number of piperazine rings is 1. The fraction of sp³-hybridized carbons (Fsp3) is 0.345. The third-order valence-electron chi connectivity index (χ3n) is 5.52. The summed E-state index contributed by atoms with van der Waals surface area (Å²) in [6.07, 6.45) is 0.989. The number of benzene rings is 3. The van der Waals surface area contributed by atoms with Crippen molar-refractivity contribution in [3.8, 4) is 11.8 Å². The molecule has 1 saturated heterocycles. The summed E-state index contributed by atoms with van der Waals surface area (Å²) in [4.78, 5) is 4.76. The highest BCUT2D eigenvalue weighted by molar-refractivity contribution is 6.33. The minimum Gasteiger partial charge on any atom is -0.491 e. The molecule has 1 N–H and O–H groups in total. The summed E-state index contributed by atoms with van der Waals surface area (Å²) in [5.74, 6) is 0.501. The first-order valence-electron chi connectivity index (χ1n) is 12.3. The number of anilines is 1. The molecule has 192 valence electrons. The Bertz CT molecular complexity index is 1050. The van der Waals surface area contributed by atoms with Crippen LogP contribution < -0.4 is 9.64 Å².